The van der Waals surface area contributed by atoms with E-state index in [2.05, 4.69) is 20.0 Å². The summed E-state index contributed by atoms with van der Waals surface area (Å²) in [5.74, 6) is 1.01. The highest BCUT2D eigenvalue weighted by Gasteiger charge is 2.33. The zero-order chi connectivity index (χ0) is 24.5. The van der Waals surface area contributed by atoms with Gasteiger partial charge in [-0.15, -0.1) is 10.2 Å². The fraction of sp³-hybridized carbons (Fsp3) is 0.360. The molecule has 0 radical (unpaired) electrons. The number of nitrogens with zero attached hydrogens (tertiary/aromatic N) is 6. The van der Waals surface area contributed by atoms with Gasteiger partial charge in [-0.05, 0) is 30.7 Å². The summed E-state index contributed by atoms with van der Waals surface area (Å²) in [7, 11) is 1.40. The van der Waals surface area contributed by atoms with Crippen LogP contribution in [0.1, 0.15) is 24.4 Å². The number of para-hydroxylation sites is 1. The predicted octanol–water partition coefficient (Wildman–Crippen LogP) is 2.75. The minimum atomic E-state index is -0.548. The van der Waals surface area contributed by atoms with E-state index in [1.165, 1.54) is 7.11 Å². The van der Waals surface area contributed by atoms with E-state index in [1.54, 1.807) is 10.6 Å². The van der Waals surface area contributed by atoms with Gasteiger partial charge in [0.05, 0.1) is 24.6 Å². The summed E-state index contributed by atoms with van der Waals surface area (Å²) in [6, 6.07) is 14.4. The first kappa shape index (κ1) is 23.5. The lowest BCUT2D eigenvalue weighted by Crippen LogP contribution is -2.49. The minimum Gasteiger partial charge on any atom is -0.468 e. The molecule has 182 valence electrons. The lowest BCUT2D eigenvalue weighted by atomic mass is 10.0. The third kappa shape index (κ3) is 4.20. The van der Waals surface area contributed by atoms with Crippen LogP contribution in [0.5, 0.6) is 0 Å². The van der Waals surface area contributed by atoms with Crippen molar-refractivity contribution in [2.75, 3.05) is 33.3 Å². The Bertz CT molecular complexity index is 1440. The van der Waals surface area contributed by atoms with Gasteiger partial charge in [0.2, 0.25) is 5.78 Å². The van der Waals surface area contributed by atoms with Crippen LogP contribution >= 0.6 is 11.6 Å². The van der Waals surface area contributed by atoms with Gasteiger partial charge in [0.1, 0.15) is 6.04 Å². The van der Waals surface area contributed by atoms with E-state index < -0.39 is 6.04 Å². The number of carbonyl (C=O) groups is 1. The number of hydrogen-bond acceptors (Lipinski definition) is 7. The Hall–Kier alpha value is -3.27. The molecule has 10 heteroatoms. The average Bonchev–Trinajstić information content (AvgIpc) is 3.30. The third-order valence-corrected chi connectivity index (χ3v) is 7.00. The topological polar surface area (TPSA) is 85.0 Å². The molecule has 0 amide bonds. The highest BCUT2D eigenvalue weighted by molar-refractivity contribution is 6.31. The molecule has 0 bridgehead atoms. The van der Waals surface area contributed by atoms with E-state index in [0.717, 1.165) is 30.0 Å². The first-order valence-electron chi connectivity index (χ1n) is 11.7. The zero-order valence-corrected chi connectivity index (χ0v) is 20.5. The first-order chi connectivity index (χ1) is 17.0. The third-order valence-electron chi connectivity index (χ3n) is 6.65. The largest absolute Gasteiger partial charge is 0.468 e. The van der Waals surface area contributed by atoms with Crippen molar-refractivity contribution in [1.29, 1.82) is 0 Å². The number of rotatable bonds is 6. The van der Waals surface area contributed by atoms with Gasteiger partial charge < -0.3 is 4.74 Å². The second-order valence-corrected chi connectivity index (χ2v) is 8.98. The summed E-state index contributed by atoms with van der Waals surface area (Å²) >= 11 is 6.41. The number of methoxy groups -OCH3 is 1. The summed E-state index contributed by atoms with van der Waals surface area (Å²) in [4.78, 5) is 30.0. The molecule has 5 rings (SSSR count). The van der Waals surface area contributed by atoms with Gasteiger partial charge in [0.15, 0.2) is 5.82 Å². The van der Waals surface area contributed by atoms with Crippen molar-refractivity contribution in [2.45, 2.75) is 26.1 Å². The molecule has 3 heterocycles. The number of benzene rings is 2. The molecule has 4 aromatic rings. The molecule has 1 fully saturated rings. The summed E-state index contributed by atoms with van der Waals surface area (Å²) < 4.78 is 8.74. The van der Waals surface area contributed by atoms with Crippen molar-refractivity contribution < 1.29 is 9.53 Å². The lowest BCUT2D eigenvalue weighted by Gasteiger charge is -2.38. The Morgan fingerprint density at radius 2 is 1.77 bits per heavy atom. The van der Waals surface area contributed by atoms with E-state index in [1.807, 2.05) is 53.8 Å². The molecular formula is C25H27ClN6O3. The quantitative estimate of drug-likeness (QED) is 0.381. The molecule has 35 heavy (non-hydrogen) atoms. The minimum absolute atomic E-state index is 0.0587. The van der Waals surface area contributed by atoms with Gasteiger partial charge in [0.25, 0.3) is 5.56 Å². The van der Waals surface area contributed by atoms with Crippen LogP contribution in [0.15, 0.2) is 53.3 Å². The summed E-state index contributed by atoms with van der Waals surface area (Å²) in [5, 5.41) is 10.0. The van der Waals surface area contributed by atoms with Gasteiger partial charge >= 0.3 is 5.97 Å². The molecule has 2 aromatic carbocycles. The second-order valence-electron chi connectivity index (χ2n) is 8.58. The van der Waals surface area contributed by atoms with E-state index in [0.29, 0.717) is 42.4 Å². The number of ether oxygens (including phenoxy) is 1. The maximum absolute atomic E-state index is 12.9. The van der Waals surface area contributed by atoms with Crippen LogP contribution in [0.2, 0.25) is 5.02 Å². The molecule has 0 spiro atoms. The Balaban J connectivity index is 1.40. The van der Waals surface area contributed by atoms with Crippen molar-refractivity contribution in [2.24, 2.45) is 0 Å². The van der Waals surface area contributed by atoms with Gasteiger partial charge in [0, 0.05) is 37.7 Å². The summed E-state index contributed by atoms with van der Waals surface area (Å²) in [6.07, 6.45) is 0. The fourth-order valence-corrected chi connectivity index (χ4v) is 5.10. The van der Waals surface area contributed by atoms with Crippen LogP contribution in [0.4, 0.5) is 0 Å². The van der Waals surface area contributed by atoms with Crippen molar-refractivity contribution in [3.8, 4) is 0 Å². The van der Waals surface area contributed by atoms with Crippen molar-refractivity contribution in [3.63, 3.8) is 0 Å². The number of aryl methyl sites for hydroxylation is 1. The van der Waals surface area contributed by atoms with Crippen LogP contribution in [-0.4, -0.2) is 68.2 Å². The molecule has 1 saturated heterocycles. The predicted molar refractivity (Wildman–Crippen MR) is 133 cm³/mol. The molecule has 0 saturated carbocycles. The van der Waals surface area contributed by atoms with Crippen LogP contribution in [0.25, 0.3) is 16.7 Å². The normalized spacial score (nSPS) is 16.1. The van der Waals surface area contributed by atoms with Crippen LogP contribution in [-0.2, 0) is 22.6 Å². The average molecular weight is 495 g/mol. The number of piperazine rings is 1. The van der Waals surface area contributed by atoms with Crippen LogP contribution in [0, 0.1) is 0 Å². The standard InChI is InChI=1S/C25H27ClN6O3/c1-3-31-23(33)18-9-5-7-11-20(18)32-21(27-28-25(31)32)16-29-12-14-30(15-13-29)22(24(34)35-2)17-8-4-6-10-19(17)26/h4-11,22H,3,12-16H2,1-2H3. The van der Waals surface area contributed by atoms with E-state index in [9.17, 15) is 9.59 Å². The number of esters is 1. The van der Waals surface area contributed by atoms with Crippen LogP contribution < -0.4 is 5.56 Å². The smallest absolute Gasteiger partial charge is 0.327 e. The van der Waals surface area contributed by atoms with Crippen LogP contribution in [0.3, 0.4) is 0 Å². The molecule has 1 unspecified atom stereocenters. The number of halogens is 1. The maximum Gasteiger partial charge on any atom is 0.327 e. The van der Waals surface area contributed by atoms with Crippen molar-refractivity contribution in [3.05, 3.63) is 75.3 Å². The summed E-state index contributed by atoms with van der Waals surface area (Å²) in [6.45, 7) is 5.83. The van der Waals surface area contributed by atoms with Gasteiger partial charge in [-0.2, -0.15) is 0 Å². The van der Waals surface area contributed by atoms with Gasteiger partial charge in [-0.3, -0.25) is 23.6 Å². The Kier molecular flexibility index (Phi) is 6.55. The highest BCUT2D eigenvalue weighted by atomic mass is 35.5. The molecule has 1 aliphatic rings. The number of aromatic nitrogens is 4. The molecule has 2 aromatic heterocycles. The van der Waals surface area contributed by atoms with Crippen molar-refractivity contribution >= 4 is 34.3 Å². The second kappa shape index (κ2) is 9.77. The molecule has 0 aliphatic carbocycles. The number of carbonyl (C=O) groups excluding carboxylic acids is 1. The van der Waals surface area contributed by atoms with Gasteiger partial charge in [-0.1, -0.05) is 41.9 Å². The number of hydrogen-bond donors (Lipinski definition) is 0. The Labute approximate surface area is 207 Å². The maximum atomic E-state index is 12.9. The monoisotopic (exact) mass is 494 g/mol. The molecule has 1 atom stereocenters. The van der Waals surface area contributed by atoms with Gasteiger partial charge in [-0.25, -0.2) is 4.79 Å². The summed E-state index contributed by atoms with van der Waals surface area (Å²) in [5.41, 5.74) is 1.50. The first-order valence-corrected chi connectivity index (χ1v) is 12.1. The van der Waals surface area contributed by atoms with Crippen molar-refractivity contribution in [1.82, 2.24) is 29.0 Å². The molecule has 0 N–H and O–H groups in total. The molecule has 9 nitrogen and oxygen atoms in total. The zero-order valence-electron chi connectivity index (χ0n) is 19.7. The molecular weight excluding hydrogens is 468 g/mol. The fourth-order valence-electron chi connectivity index (χ4n) is 4.86. The SMILES string of the molecule is CCn1c(=O)c2ccccc2n2c(CN3CCN(C(C(=O)OC)c4ccccc4Cl)CC3)nnc12. The lowest BCUT2D eigenvalue weighted by molar-refractivity contribution is -0.148. The highest BCUT2D eigenvalue weighted by Crippen LogP contribution is 2.29. The van der Waals surface area contributed by atoms with E-state index >= 15 is 0 Å². The number of fused-ring (bicyclic) bond motifs is 3. The Morgan fingerprint density at radius 3 is 2.49 bits per heavy atom. The Morgan fingerprint density at radius 1 is 1.06 bits per heavy atom. The molecule has 1 aliphatic heterocycles. The van der Waals surface area contributed by atoms with E-state index in [4.69, 9.17) is 16.3 Å². The van der Waals surface area contributed by atoms with E-state index in [-0.39, 0.29) is 11.5 Å².